The van der Waals surface area contributed by atoms with Gasteiger partial charge in [0.25, 0.3) is 0 Å². The highest BCUT2D eigenvalue weighted by Crippen LogP contribution is 2.46. The van der Waals surface area contributed by atoms with Gasteiger partial charge in [-0.2, -0.15) is 0 Å². The lowest BCUT2D eigenvalue weighted by Gasteiger charge is -2.25. The predicted octanol–water partition coefficient (Wildman–Crippen LogP) is 1.79. The maximum Gasteiger partial charge on any atom is 0.0938 e. The van der Waals surface area contributed by atoms with Crippen molar-refractivity contribution in [3.63, 3.8) is 0 Å². The zero-order valence-corrected chi connectivity index (χ0v) is 11.1. The van der Waals surface area contributed by atoms with E-state index in [2.05, 4.69) is 53.4 Å². The van der Waals surface area contributed by atoms with E-state index < -0.39 is 12.2 Å². The number of nitrogens with zero attached hydrogens (tertiary/aromatic N) is 1. The van der Waals surface area contributed by atoms with Crippen molar-refractivity contribution in [1.29, 1.82) is 0 Å². The molecular formula is C17H17NO2. The van der Waals surface area contributed by atoms with Crippen LogP contribution < -0.4 is 0 Å². The van der Waals surface area contributed by atoms with Gasteiger partial charge in [-0.15, -0.1) is 0 Å². The lowest BCUT2D eigenvalue weighted by Crippen LogP contribution is -2.27. The second-order valence-electron chi connectivity index (χ2n) is 5.67. The SMILES string of the molecule is O[C@@H]1CN(C2c3ccccc3-c3ccccc32)C[C@@H]1O. The fraction of sp³-hybridized carbons (Fsp3) is 0.294. The van der Waals surface area contributed by atoms with Gasteiger partial charge in [0.2, 0.25) is 0 Å². The Labute approximate surface area is 118 Å². The number of aliphatic hydroxyl groups is 2. The van der Waals surface area contributed by atoms with Crippen LogP contribution in [0.5, 0.6) is 0 Å². The molecule has 0 aromatic heterocycles. The van der Waals surface area contributed by atoms with Crippen molar-refractivity contribution >= 4 is 0 Å². The van der Waals surface area contributed by atoms with E-state index in [1.807, 2.05) is 0 Å². The first-order valence-electron chi connectivity index (χ1n) is 7.04. The second kappa shape index (κ2) is 4.42. The molecule has 0 unspecified atom stereocenters. The van der Waals surface area contributed by atoms with Crippen molar-refractivity contribution in [3.05, 3.63) is 59.7 Å². The highest BCUT2D eigenvalue weighted by molar-refractivity contribution is 5.78. The molecule has 2 aromatic rings. The van der Waals surface area contributed by atoms with Gasteiger partial charge in [-0.05, 0) is 22.3 Å². The molecular weight excluding hydrogens is 250 g/mol. The highest BCUT2D eigenvalue weighted by Gasteiger charge is 2.39. The molecule has 2 atom stereocenters. The first-order valence-corrected chi connectivity index (χ1v) is 7.04. The maximum atomic E-state index is 9.83. The minimum absolute atomic E-state index is 0.147. The van der Waals surface area contributed by atoms with Crippen LogP contribution in [0.1, 0.15) is 17.2 Å². The van der Waals surface area contributed by atoms with Gasteiger partial charge in [-0.1, -0.05) is 48.5 Å². The standard InChI is InChI=1S/C17H17NO2/c19-15-9-18(10-16(15)20)17-13-7-3-1-5-11(13)12-6-2-4-8-14(12)17/h1-8,15-17,19-20H,9-10H2/t15-,16+. The van der Waals surface area contributed by atoms with Crippen molar-refractivity contribution in [2.24, 2.45) is 0 Å². The molecule has 0 spiro atoms. The zero-order chi connectivity index (χ0) is 13.7. The summed E-state index contributed by atoms with van der Waals surface area (Å²) in [5.74, 6) is 0. The third-order valence-electron chi connectivity index (χ3n) is 4.45. The zero-order valence-electron chi connectivity index (χ0n) is 11.1. The minimum Gasteiger partial charge on any atom is -0.389 e. The van der Waals surface area contributed by atoms with Crippen LogP contribution in [0.15, 0.2) is 48.5 Å². The summed E-state index contributed by atoms with van der Waals surface area (Å²) >= 11 is 0. The van der Waals surface area contributed by atoms with E-state index >= 15 is 0 Å². The summed E-state index contributed by atoms with van der Waals surface area (Å²) < 4.78 is 0. The van der Waals surface area contributed by atoms with Crippen molar-refractivity contribution < 1.29 is 10.2 Å². The summed E-state index contributed by atoms with van der Waals surface area (Å²) in [6.45, 7) is 1.04. The molecule has 3 nitrogen and oxygen atoms in total. The molecule has 1 saturated heterocycles. The summed E-state index contributed by atoms with van der Waals surface area (Å²) in [6.07, 6.45) is -1.29. The molecule has 2 N–H and O–H groups in total. The molecule has 1 fully saturated rings. The smallest absolute Gasteiger partial charge is 0.0938 e. The number of benzene rings is 2. The molecule has 1 heterocycles. The van der Waals surface area contributed by atoms with Crippen LogP contribution in [0.2, 0.25) is 0 Å². The number of hydrogen-bond acceptors (Lipinski definition) is 3. The first-order chi connectivity index (χ1) is 9.75. The molecule has 0 amide bonds. The molecule has 0 bridgehead atoms. The number of β-amino-alcohol motifs (C(OH)–C–C–N with tert-alkyl or cyclic N) is 2. The second-order valence-corrected chi connectivity index (χ2v) is 5.67. The van der Waals surface area contributed by atoms with Crippen LogP contribution in [0, 0.1) is 0 Å². The monoisotopic (exact) mass is 267 g/mol. The Morgan fingerprint density at radius 1 is 0.750 bits per heavy atom. The van der Waals surface area contributed by atoms with E-state index in [-0.39, 0.29) is 6.04 Å². The largest absolute Gasteiger partial charge is 0.389 e. The quantitative estimate of drug-likeness (QED) is 0.828. The number of likely N-dealkylation sites (tertiary alicyclic amines) is 1. The Hall–Kier alpha value is -1.68. The van der Waals surface area contributed by atoms with Gasteiger partial charge in [0.15, 0.2) is 0 Å². The summed E-state index contributed by atoms with van der Waals surface area (Å²) in [5.41, 5.74) is 5.08. The molecule has 4 rings (SSSR count). The van der Waals surface area contributed by atoms with Gasteiger partial charge in [0.1, 0.15) is 0 Å². The van der Waals surface area contributed by atoms with E-state index in [0.29, 0.717) is 13.1 Å². The van der Waals surface area contributed by atoms with Crippen molar-refractivity contribution in [3.8, 4) is 11.1 Å². The van der Waals surface area contributed by atoms with Crippen LogP contribution in [-0.2, 0) is 0 Å². The van der Waals surface area contributed by atoms with Crippen molar-refractivity contribution in [2.75, 3.05) is 13.1 Å². The number of rotatable bonds is 1. The third-order valence-corrected chi connectivity index (χ3v) is 4.45. The van der Waals surface area contributed by atoms with Gasteiger partial charge in [-0.3, -0.25) is 4.90 Å². The van der Waals surface area contributed by atoms with E-state index in [1.165, 1.54) is 22.3 Å². The number of hydrogen-bond donors (Lipinski definition) is 2. The molecule has 0 radical (unpaired) electrons. The predicted molar refractivity (Wildman–Crippen MR) is 77.3 cm³/mol. The third kappa shape index (κ3) is 1.64. The Morgan fingerprint density at radius 3 is 1.70 bits per heavy atom. The molecule has 102 valence electrons. The lowest BCUT2D eigenvalue weighted by molar-refractivity contribution is 0.0572. The minimum atomic E-state index is -0.644. The number of fused-ring (bicyclic) bond motifs is 3. The average molecular weight is 267 g/mol. The van der Waals surface area contributed by atoms with Crippen LogP contribution in [-0.4, -0.2) is 40.4 Å². The van der Waals surface area contributed by atoms with Gasteiger partial charge < -0.3 is 10.2 Å². The van der Waals surface area contributed by atoms with E-state index in [1.54, 1.807) is 0 Å². The van der Waals surface area contributed by atoms with Crippen molar-refractivity contribution in [1.82, 2.24) is 4.90 Å². The molecule has 0 saturated carbocycles. The summed E-state index contributed by atoms with van der Waals surface area (Å²) in [6, 6.07) is 17.0. The molecule has 2 aliphatic rings. The average Bonchev–Trinajstić information content (AvgIpc) is 2.97. The normalized spacial score (nSPS) is 25.7. The fourth-order valence-corrected chi connectivity index (χ4v) is 3.53. The van der Waals surface area contributed by atoms with Crippen LogP contribution in [0.25, 0.3) is 11.1 Å². The van der Waals surface area contributed by atoms with Gasteiger partial charge >= 0.3 is 0 Å². The van der Waals surface area contributed by atoms with Crippen LogP contribution in [0.3, 0.4) is 0 Å². The highest BCUT2D eigenvalue weighted by atomic mass is 16.3. The molecule has 3 heteroatoms. The van der Waals surface area contributed by atoms with Gasteiger partial charge in [-0.25, -0.2) is 0 Å². The van der Waals surface area contributed by atoms with Gasteiger partial charge in [0.05, 0.1) is 18.2 Å². The Bertz CT molecular complexity index is 599. The van der Waals surface area contributed by atoms with E-state index in [4.69, 9.17) is 0 Å². The first kappa shape index (κ1) is 12.1. The number of aliphatic hydroxyl groups excluding tert-OH is 2. The Balaban J connectivity index is 1.84. The summed E-state index contributed by atoms with van der Waals surface area (Å²) in [5, 5.41) is 19.7. The van der Waals surface area contributed by atoms with Crippen molar-refractivity contribution in [2.45, 2.75) is 18.2 Å². The van der Waals surface area contributed by atoms with E-state index in [0.717, 1.165) is 0 Å². The Kier molecular flexibility index (Phi) is 2.67. The Morgan fingerprint density at radius 2 is 1.20 bits per heavy atom. The molecule has 2 aromatic carbocycles. The molecule has 20 heavy (non-hydrogen) atoms. The van der Waals surface area contributed by atoms with Gasteiger partial charge in [0, 0.05) is 13.1 Å². The molecule has 1 aliphatic carbocycles. The summed E-state index contributed by atoms with van der Waals surface area (Å²) in [4.78, 5) is 2.18. The van der Waals surface area contributed by atoms with Crippen LogP contribution >= 0.6 is 0 Å². The fourth-order valence-electron chi connectivity index (χ4n) is 3.53. The van der Waals surface area contributed by atoms with E-state index in [9.17, 15) is 10.2 Å². The lowest BCUT2D eigenvalue weighted by atomic mass is 10.0. The maximum absolute atomic E-state index is 9.83. The van der Waals surface area contributed by atoms with Crippen LogP contribution in [0.4, 0.5) is 0 Å². The topological polar surface area (TPSA) is 43.7 Å². The summed E-state index contributed by atoms with van der Waals surface area (Å²) in [7, 11) is 0. The molecule has 1 aliphatic heterocycles.